The molecule has 0 unspecified atom stereocenters. The summed E-state index contributed by atoms with van der Waals surface area (Å²) in [6.45, 7) is 5.64. The fourth-order valence-corrected chi connectivity index (χ4v) is 5.71. The van der Waals surface area contributed by atoms with Crippen LogP contribution < -0.4 is 14.4 Å². The zero-order valence-electron chi connectivity index (χ0n) is 23.0. The lowest BCUT2D eigenvalue weighted by atomic mass is 10.1. The van der Waals surface area contributed by atoms with Gasteiger partial charge in [-0.25, -0.2) is 8.42 Å². The molecule has 0 spiro atoms. The van der Waals surface area contributed by atoms with Crippen molar-refractivity contribution in [2.24, 2.45) is 0 Å². The summed E-state index contributed by atoms with van der Waals surface area (Å²) >= 11 is 0. The molecule has 0 aromatic heterocycles. The van der Waals surface area contributed by atoms with E-state index < -0.39 is 28.5 Å². The van der Waals surface area contributed by atoms with Crippen molar-refractivity contribution >= 4 is 27.5 Å². The fraction of sp³-hybridized carbons (Fsp3) is 0.333. The second-order valence-corrected chi connectivity index (χ2v) is 11.0. The predicted octanol–water partition coefficient (Wildman–Crippen LogP) is 4.40. The molecule has 0 fully saturated rings. The van der Waals surface area contributed by atoms with E-state index in [-0.39, 0.29) is 17.3 Å². The molecule has 0 radical (unpaired) electrons. The van der Waals surface area contributed by atoms with Gasteiger partial charge in [-0.1, -0.05) is 62.4 Å². The lowest BCUT2D eigenvalue weighted by Crippen LogP contribution is -2.51. The summed E-state index contributed by atoms with van der Waals surface area (Å²) in [4.78, 5) is 28.5. The molecule has 1 atom stereocenters. The quantitative estimate of drug-likeness (QED) is 0.340. The molecule has 0 aliphatic heterocycles. The third kappa shape index (κ3) is 7.38. The van der Waals surface area contributed by atoms with E-state index in [1.807, 2.05) is 38.1 Å². The summed E-state index contributed by atoms with van der Waals surface area (Å²) in [6.07, 6.45) is 1.33. The van der Waals surface area contributed by atoms with Gasteiger partial charge < -0.3 is 15.0 Å². The molecule has 0 saturated carbocycles. The summed E-state index contributed by atoms with van der Waals surface area (Å²) < 4.78 is 34.3. The van der Waals surface area contributed by atoms with Gasteiger partial charge in [0, 0.05) is 13.1 Å². The first kappa shape index (κ1) is 29.7. The molecule has 0 saturated heterocycles. The van der Waals surface area contributed by atoms with E-state index in [2.05, 4.69) is 5.32 Å². The number of para-hydroxylation sites is 1. The average molecular weight is 552 g/mol. The minimum atomic E-state index is -4.09. The highest BCUT2D eigenvalue weighted by atomic mass is 32.2. The van der Waals surface area contributed by atoms with Gasteiger partial charge in [-0.2, -0.15) is 0 Å². The lowest BCUT2D eigenvalue weighted by molar-refractivity contribution is -0.139. The maximum atomic E-state index is 14.0. The van der Waals surface area contributed by atoms with Crippen molar-refractivity contribution in [1.82, 2.24) is 10.2 Å². The fourth-order valence-electron chi connectivity index (χ4n) is 4.23. The van der Waals surface area contributed by atoms with E-state index in [1.165, 1.54) is 17.0 Å². The second-order valence-electron chi connectivity index (χ2n) is 9.15. The molecule has 9 heteroatoms. The van der Waals surface area contributed by atoms with E-state index in [1.54, 1.807) is 56.5 Å². The Morgan fingerprint density at radius 3 is 2.31 bits per heavy atom. The number of nitrogens with zero attached hydrogens (tertiary/aromatic N) is 2. The molecule has 0 bridgehead atoms. The van der Waals surface area contributed by atoms with Crippen LogP contribution in [0.4, 0.5) is 5.69 Å². The summed E-state index contributed by atoms with van der Waals surface area (Å²) in [7, 11) is -2.54. The number of aryl methyl sites for hydroxylation is 1. The van der Waals surface area contributed by atoms with Crippen LogP contribution >= 0.6 is 0 Å². The van der Waals surface area contributed by atoms with Gasteiger partial charge in [0.1, 0.15) is 18.3 Å². The first-order chi connectivity index (χ1) is 18.7. The van der Waals surface area contributed by atoms with E-state index in [4.69, 9.17) is 4.74 Å². The number of hydrogen-bond acceptors (Lipinski definition) is 5. The monoisotopic (exact) mass is 551 g/mol. The van der Waals surface area contributed by atoms with Crippen molar-refractivity contribution in [3.05, 3.63) is 90.0 Å². The molecule has 0 aliphatic carbocycles. The van der Waals surface area contributed by atoms with Gasteiger partial charge in [0.2, 0.25) is 11.8 Å². The molecular weight excluding hydrogens is 514 g/mol. The zero-order valence-corrected chi connectivity index (χ0v) is 23.8. The van der Waals surface area contributed by atoms with Crippen molar-refractivity contribution in [2.75, 3.05) is 24.5 Å². The normalized spacial score (nSPS) is 11.9. The summed E-state index contributed by atoms with van der Waals surface area (Å²) in [5, 5.41) is 2.85. The average Bonchev–Trinajstić information content (AvgIpc) is 2.97. The number of methoxy groups -OCH3 is 1. The first-order valence-corrected chi connectivity index (χ1v) is 14.5. The van der Waals surface area contributed by atoms with Crippen molar-refractivity contribution in [2.45, 2.75) is 51.1 Å². The summed E-state index contributed by atoms with van der Waals surface area (Å²) in [5.74, 6) is -0.185. The van der Waals surface area contributed by atoms with E-state index in [9.17, 15) is 18.0 Å². The Hall–Kier alpha value is -3.85. The van der Waals surface area contributed by atoms with Gasteiger partial charge in [-0.15, -0.1) is 0 Å². The first-order valence-electron chi connectivity index (χ1n) is 13.1. The summed E-state index contributed by atoms with van der Waals surface area (Å²) in [6, 6.07) is 21.6. The number of rotatable bonds is 13. The van der Waals surface area contributed by atoms with Gasteiger partial charge in [-0.3, -0.25) is 13.9 Å². The van der Waals surface area contributed by atoms with Crippen LogP contribution in [0.15, 0.2) is 83.8 Å². The molecular formula is C30H37N3O5S. The maximum absolute atomic E-state index is 14.0. The SMILES string of the molecule is CCCNC(=O)[C@H](C)N(Cc1cccc(OC)c1)C(=O)CN(c1ccccc1CC)S(=O)(=O)c1ccccc1. The molecule has 0 aliphatic rings. The van der Waals surface area contributed by atoms with E-state index >= 15 is 0 Å². The molecule has 2 amide bonds. The summed E-state index contributed by atoms with van der Waals surface area (Å²) in [5.41, 5.74) is 1.98. The molecule has 8 nitrogen and oxygen atoms in total. The molecule has 0 heterocycles. The molecule has 39 heavy (non-hydrogen) atoms. The van der Waals surface area contributed by atoms with Crippen LogP contribution in [0.2, 0.25) is 0 Å². The molecule has 1 N–H and O–H groups in total. The Morgan fingerprint density at radius 2 is 1.64 bits per heavy atom. The Balaban J connectivity index is 2.05. The highest BCUT2D eigenvalue weighted by Gasteiger charge is 2.33. The number of sulfonamides is 1. The third-order valence-corrected chi connectivity index (χ3v) is 8.23. The van der Waals surface area contributed by atoms with Crippen LogP contribution in [0.25, 0.3) is 0 Å². The minimum absolute atomic E-state index is 0.0804. The highest BCUT2D eigenvalue weighted by molar-refractivity contribution is 7.92. The Bertz CT molecular complexity index is 1360. The minimum Gasteiger partial charge on any atom is -0.497 e. The Kier molecular flexibility index (Phi) is 10.5. The van der Waals surface area contributed by atoms with Gasteiger partial charge in [-0.05, 0) is 61.2 Å². The maximum Gasteiger partial charge on any atom is 0.264 e. The lowest BCUT2D eigenvalue weighted by Gasteiger charge is -2.32. The van der Waals surface area contributed by atoms with Gasteiger partial charge in [0.05, 0.1) is 17.7 Å². The van der Waals surface area contributed by atoms with Crippen LogP contribution in [-0.4, -0.2) is 51.4 Å². The smallest absolute Gasteiger partial charge is 0.264 e. The van der Waals surface area contributed by atoms with Crippen LogP contribution in [0.5, 0.6) is 5.75 Å². The largest absolute Gasteiger partial charge is 0.497 e. The van der Waals surface area contributed by atoms with Crippen molar-refractivity contribution in [1.29, 1.82) is 0 Å². The zero-order chi connectivity index (χ0) is 28.4. The predicted molar refractivity (Wildman–Crippen MR) is 153 cm³/mol. The van der Waals surface area contributed by atoms with E-state index in [0.717, 1.165) is 21.9 Å². The topological polar surface area (TPSA) is 96.0 Å². The number of carbonyl (C=O) groups excluding carboxylic acids is 2. The Morgan fingerprint density at radius 1 is 0.949 bits per heavy atom. The third-order valence-electron chi connectivity index (χ3n) is 6.45. The van der Waals surface area contributed by atoms with Crippen LogP contribution in [0.1, 0.15) is 38.3 Å². The standard InChI is InChI=1S/C30H37N3O5S/c1-5-19-31-30(35)23(3)32(21-24-13-12-15-26(20-24)38-4)29(34)22-33(28-18-11-10-14-25(28)6-2)39(36,37)27-16-8-7-9-17-27/h7-18,20,23H,5-6,19,21-22H2,1-4H3,(H,31,35)/t23-/m0/s1. The van der Waals surface area contributed by atoms with Crippen molar-refractivity contribution in [3.8, 4) is 5.75 Å². The van der Waals surface area contributed by atoms with E-state index in [0.29, 0.717) is 24.4 Å². The number of nitrogens with one attached hydrogen (secondary N) is 1. The van der Waals surface area contributed by atoms with Crippen LogP contribution in [-0.2, 0) is 32.6 Å². The Labute approximate surface area is 231 Å². The van der Waals surface area contributed by atoms with Crippen LogP contribution in [0, 0.1) is 0 Å². The van der Waals surface area contributed by atoms with Crippen molar-refractivity contribution < 1.29 is 22.7 Å². The number of hydrogen-bond donors (Lipinski definition) is 1. The van der Waals surface area contributed by atoms with Crippen molar-refractivity contribution in [3.63, 3.8) is 0 Å². The van der Waals surface area contributed by atoms with Gasteiger partial charge in [0.15, 0.2) is 0 Å². The molecule has 3 rings (SSSR count). The number of amides is 2. The molecule has 3 aromatic carbocycles. The number of carbonyl (C=O) groups is 2. The highest BCUT2D eigenvalue weighted by Crippen LogP contribution is 2.28. The molecule has 208 valence electrons. The van der Waals surface area contributed by atoms with Gasteiger partial charge in [0.25, 0.3) is 10.0 Å². The number of benzene rings is 3. The van der Waals surface area contributed by atoms with Crippen LogP contribution in [0.3, 0.4) is 0 Å². The molecule has 3 aromatic rings. The van der Waals surface area contributed by atoms with Gasteiger partial charge >= 0.3 is 0 Å². The number of ether oxygens (including phenoxy) is 1. The second kappa shape index (κ2) is 13.8. The number of anilines is 1.